The van der Waals surface area contributed by atoms with Crippen molar-refractivity contribution in [3.8, 4) is 68.4 Å². The van der Waals surface area contributed by atoms with Crippen LogP contribution in [0, 0.1) is 5.92 Å². The van der Waals surface area contributed by atoms with E-state index in [1.54, 1.807) is 50.4 Å². The lowest BCUT2D eigenvalue weighted by Crippen LogP contribution is -2.65. The second kappa shape index (κ2) is 39.2. The molecule has 7 amide bonds. The third-order valence-electron chi connectivity index (χ3n) is 22.4. The SMILES string of the molecule is CN[C@H](CC(C)C)C(=O)NC1C(=O)NC(CC(N)=O)C(=O)N[C@H]2C(=O)N[C@H]3C(=O)N[C@H](C(=O)NC(C(=O)O)c4cc(O)cc(O)c4-c4cc3ccc4O)[C@H](O[C@H]3C[C@](C)(N)[C@@H](O)[C@H](C)O3)c3ccc(c(Cl)c3)Oc3cc2cc(c3O[C@@H]2O[C@H](CO)[C@@H](O[C@@H]3O[C@H](CNCc4ccc(-c5ccc(Cl)c(Cl)c5)nc4)[C@H](O)[C@H](O)[C@H]3O)[C@H](O)[C@H]2O)Oc2ccc(cc2Cl)[C@H]1O. The molecule has 0 radical (unpaired) electrons. The van der Waals surface area contributed by atoms with Gasteiger partial charge in [-0.2, -0.15) is 0 Å². The topological polar surface area (TPSA) is 614 Å². The Labute approximate surface area is 743 Å². The Balaban J connectivity index is 0.957. The molecule has 11 bridgehead atoms. The molecule has 15 rings (SSSR count). The van der Waals surface area contributed by atoms with Crippen LogP contribution >= 0.6 is 46.4 Å². The number of carbonyl (C=O) groups excluding carboxylic acids is 7. The summed E-state index contributed by atoms with van der Waals surface area (Å²) < 4.78 is 51.2. The van der Waals surface area contributed by atoms with Crippen molar-refractivity contribution in [2.75, 3.05) is 20.2 Å². The summed E-state index contributed by atoms with van der Waals surface area (Å²) in [4.78, 5) is 125. The minimum absolute atomic E-state index is 0.120. The lowest BCUT2D eigenvalue weighted by Gasteiger charge is -2.46. The number of fused-ring (bicyclic) bond motifs is 15. The van der Waals surface area contributed by atoms with E-state index in [2.05, 4.69) is 47.5 Å². The Morgan fingerprint density at radius 2 is 1.29 bits per heavy atom. The number of carbonyl (C=O) groups is 8. The predicted molar refractivity (Wildman–Crippen MR) is 446 cm³/mol. The molecule has 0 saturated carbocycles. The normalized spacial score (nSPS) is 29.5. The number of hydrogen-bond donors (Lipinski definition) is 22. The van der Waals surface area contributed by atoms with Crippen LogP contribution in [0.5, 0.6) is 46.0 Å². The van der Waals surface area contributed by atoms with Gasteiger partial charge in [-0.3, -0.25) is 38.5 Å². The summed E-state index contributed by atoms with van der Waals surface area (Å²) in [7, 11) is 1.46. The molecule has 8 aliphatic rings. The fourth-order valence-electron chi connectivity index (χ4n) is 15.7. The fourth-order valence-corrected chi connectivity index (χ4v) is 16.5. The summed E-state index contributed by atoms with van der Waals surface area (Å²) >= 11 is 26.9. The van der Waals surface area contributed by atoms with E-state index in [9.17, 15) is 75.7 Å². The van der Waals surface area contributed by atoms with Crippen LogP contribution in [0.4, 0.5) is 0 Å². The molecule has 39 nitrogen and oxygen atoms in total. The summed E-state index contributed by atoms with van der Waals surface area (Å²) in [5, 5.41) is 160. The number of phenols is 3. The van der Waals surface area contributed by atoms with Crippen molar-refractivity contribution >= 4 is 93.7 Å². The standard InChI is InChI=1S/C84H93Cl4N11O28/c1-31(2)16-47(91-5)75(112)98-63-65(105)36-9-14-51(44(87)19-36)121-53-21-38-22-54(72(53)126-83-70(110)68(108)73(56(30-100)124-83)127-82-69(109)67(107)66(106)55(123-82)29-92-27-33-6-12-46(93-28-33)34-7-11-42(85)43(86)18-34)122-52-15-10-37(20-45(52)88)71(125-58-26-84(4,90)74(111)32(3)120-58)64-80(117)97-62(81(118)119)41-23-39(101)24-50(103)59(41)40-17-35(8-13-49(40)102)60(77(114)99-64)96-78(115)61(38)95-76(113)48(25-57(89)104)94-79(63)116/h6-15,17-24,28,31-32,47-48,55-56,58,60-71,73-74,82-83,91-92,100-103,105-111H,16,25-27,29-30,90H2,1-5H3,(H2,89,104)(H,94,116)(H,95,113)(H,96,115)(H,97,117)(H,98,112)(H,99,114)(H,118,119)/t32-,47+,48?,55+,56+,58-,60+,61+,62?,63?,64-,65+,66-,67-,68+,69+,70+,71+,73+,74-,82-,83-,84-/m0/s1. The molecule has 23 atom stereocenters. The Kier molecular flexibility index (Phi) is 29.1. The quantitative estimate of drug-likeness (QED) is 0.0519. The highest BCUT2D eigenvalue weighted by Gasteiger charge is 2.53. The number of nitrogens with two attached hydrogens (primary N) is 2. The third-order valence-corrected chi connectivity index (χ3v) is 23.7. The number of amides is 7. The molecule has 8 aliphatic heterocycles. The zero-order valence-electron chi connectivity index (χ0n) is 68.0. The Hall–Kier alpha value is -10.5. The second-order valence-corrected chi connectivity index (χ2v) is 33.8. The molecule has 127 heavy (non-hydrogen) atoms. The van der Waals surface area contributed by atoms with Gasteiger partial charge in [-0.15, -0.1) is 0 Å². The molecule has 3 unspecified atom stereocenters. The zero-order chi connectivity index (χ0) is 91.8. The number of rotatable bonds is 20. The number of carboxylic acids is 1. The van der Waals surface area contributed by atoms with E-state index >= 15 is 24.0 Å². The van der Waals surface area contributed by atoms with Gasteiger partial charge >= 0.3 is 5.97 Å². The number of aromatic nitrogens is 1. The number of aromatic hydroxyl groups is 3. The number of halogens is 4. The molecule has 1 aromatic heterocycles. The molecular formula is C84H93Cl4N11O28. The van der Waals surface area contributed by atoms with Crippen LogP contribution < -0.4 is 68.2 Å². The molecule has 24 N–H and O–H groups in total. The number of phenolic OH excluding ortho intramolecular Hbond substituents is 3. The first kappa shape index (κ1) is 94.2. The van der Waals surface area contributed by atoms with E-state index in [1.807, 2.05) is 0 Å². The van der Waals surface area contributed by atoms with E-state index in [0.717, 1.165) is 66.7 Å². The average Bonchev–Trinajstić information content (AvgIpc) is 0.760. The zero-order valence-corrected chi connectivity index (χ0v) is 71.0. The number of aliphatic carboxylic acids is 1. The molecule has 9 heterocycles. The largest absolute Gasteiger partial charge is 0.508 e. The number of likely N-dealkylation sites (N-methyl/N-ethyl adjacent to an activating group) is 1. The predicted octanol–water partition coefficient (Wildman–Crippen LogP) is 2.10. The summed E-state index contributed by atoms with van der Waals surface area (Å²) in [6, 6.07) is 7.40. The van der Waals surface area contributed by atoms with Gasteiger partial charge in [0, 0.05) is 59.6 Å². The van der Waals surface area contributed by atoms with Gasteiger partial charge in [0.25, 0.3) is 0 Å². The maximum atomic E-state index is 16.4. The molecule has 0 aliphatic carbocycles. The maximum Gasteiger partial charge on any atom is 0.330 e. The monoisotopic (exact) mass is 1840 g/mol. The van der Waals surface area contributed by atoms with Crippen molar-refractivity contribution in [2.45, 2.75) is 193 Å². The number of nitrogens with zero attached hydrogens (tertiary/aromatic N) is 1. The van der Waals surface area contributed by atoms with Gasteiger partial charge in [0.05, 0.1) is 57.1 Å². The molecule has 680 valence electrons. The van der Waals surface area contributed by atoms with Gasteiger partial charge in [0.2, 0.25) is 53.4 Å². The fraction of sp³-hybridized carbons (Fsp3) is 0.417. The number of primary amides is 1. The Morgan fingerprint density at radius 3 is 1.92 bits per heavy atom. The average molecular weight is 1850 g/mol. The number of pyridine rings is 1. The maximum absolute atomic E-state index is 16.4. The van der Waals surface area contributed by atoms with Crippen molar-refractivity contribution in [3.05, 3.63) is 169 Å². The lowest BCUT2D eigenvalue weighted by atomic mass is 9.86. The smallest absolute Gasteiger partial charge is 0.330 e. The Bertz CT molecular complexity index is 5340. The van der Waals surface area contributed by atoms with Crippen molar-refractivity contribution in [2.24, 2.45) is 17.4 Å². The van der Waals surface area contributed by atoms with E-state index in [4.69, 9.17) is 95.8 Å². The summed E-state index contributed by atoms with van der Waals surface area (Å²) in [6.07, 6.45) is -27.8. The first-order chi connectivity index (χ1) is 60.2. The van der Waals surface area contributed by atoms with Crippen LogP contribution in [0.15, 0.2) is 115 Å². The van der Waals surface area contributed by atoms with Gasteiger partial charge < -0.3 is 153 Å². The Morgan fingerprint density at radius 1 is 0.646 bits per heavy atom. The van der Waals surface area contributed by atoms with E-state index in [-0.39, 0.29) is 43.0 Å². The van der Waals surface area contributed by atoms with Gasteiger partial charge in [-0.1, -0.05) is 90.6 Å². The number of hydrogen-bond acceptors (Lipinski definition) is 31. The number of benzene rings is 6. The van der Waals surface area contributed by atoms with Crippen LogP contribution in [-0.2, 0) is 68.6 Å². The summed E-state index contributed by atoms with van der Waals surface area (Å²) in [6.45, 7) is 5.30. The van der Waals surface area contributed by atoms with Crippen molar-refractivity contribution in [3.63, 3.8) is 0 Å². The molecular weight excluding hydrogens is 1750 g/mol. The van der Waals surface area contributed by atoms with Crippen molar-refractivity contribution in [1.82, 2.24) is 47.5 Å². The van der Waals surface area contributed by atoms with Crippen LogP contribution in [-0.4, -0.2) is 243 Å². The molecule has 6 aromatic carbocycles. The first-order valence-electron chi connectivity index (χ1n) is 39.9. The summed E-state index contributed by atoms with van der Waals surface area (Å²) in [5.74, 6) is -16.7. The van der Waals surface area contributed by atoms with E-state index in [1.165, 1.54) is 33.0 Å². The number of aliphatic hydroxyl groups excluding tert-OH is 8. The molecule has 7 aromatic rings. The van der Waals surface area contributed by atoms with E-state index < -0.39 is 284 Å². The minimum atomic E-state index is -2.43. The lowest BCUT2D eigenvalue weighted by molar-refractivity contribution is -0.350. The third kappa shape index (κ3) is 20.7. The van der Waals surface area contributed by atoms with Gasteiger partial charge in [-0.05, 0) is 134 Å². The molecule has 43 heteroatoms. The molecule has 3 saturated heterocycles. The highest BCUT2D eigenvalue weighted by molar-refractivity contribution is 6.42. The highest BCUT2D eigenvalue weighted by Crippen LogP contribution is 2.51. The van der Waals surface area contributed by atoms with Crippen LogP contribution in [0.25, 0.3) is 22.4 Å². The van der Waals surface area contributed by atoms with Gasteiger partial charge in [-0.25, -0.2) is 4.79 Å². The number of nitrogens with one attached hydrogen (secondary N) is 8. The number of ether oxygens (including phenoxy) is 8. The van der Waals surface area contributed by atoms with Crippen LogP contribution in [0.3, 0.4) is 0 Å². The van der Waals surface area contributed by atoms with Crippen molar-refractivity contribution in [1.29, 1.82) is 0 Å². The van der Waals surface area contributed by atoms with Gasteiger partial charge in [0.15, 0.2) is 30.1 Å². The minimum Gasteiger partial charge on any atom is -0.508 e. The summed E-state index contributed by atoms with van der Waals surface area (Å²) in [5.41, 5.74) is 9.87. The van der Waals surface area contributed by atoms with Crippen LogP contribution in [0.2, 0.25) is 20.1 Å². The van der Waals surface area contributed by atoms with Crippen LogP contribution in [0.1, 0.15) is 111 Å². The highest BCUT2D eigenvalue weighted by atomic mass is 35.5. The van der Waals surface area contributed by atoms with E-state index in [0.29, 0.717) is 26.9 Å². The van der Waals surface area contributed by atoms with Gasteiger partial charge in [0.1, 0.15) is 120 Å². The van der Waals surface area contributed by atoms with Crippen molar-refractivity contribution < 1.29 is 138 Å². The first-order valence-corrected chi connectivity index (χ1v) is 41.4. The number of carboxylic acid groups (broad SMARTS) is 1. The molecule has 0 spiro atoms. The molecule has 3 fully saturated rings. The second-order valence-electron chi connectivity index (χ2n) is 32.2. The number of aliphatic hydroxyl groups is 8.